The second kappa shape index (κ2) is 9.98. The minimum Gasteiger partial charge on any atom is -0.452 e. The number of ether oxygens (including phenoxy) is 1. The number of anilines is 1. The SMILES string of the molecule is C[C@@H](OC(=O)C(c1ccccc1)c1ccccc1)C(=O)Nc1cc(Cl)c(Cl)cc1Cl. The van der Waals surface area contributed by atoms with E-state index in [1.165, 1.54) is 19.1 Å². The van der Waals surface area contributed by atoms with Crippen LogP contribution in [-0.2, 0) is 14.3 Å². The Morgan fingerprint density at radius 1 is 0.800 bits per heavy atom. The van der Waals surface area contributed by atoms with Gasteiger partial charge in [-0.05, 0) is 30.2 Å². The average Bonchev–Trinajstić information content (AvgIpc) is 2.73. The summed E-state index contributed by atoms with van der Waals surface area (Å²) in [7, 11) is 0. The van der Waals surface area contributed by atoms with E-state index in [-0.39, 0.29) is 20.8 Å². The highest BCUT2D eigenvalue weighted by Crippen LogP contribution is 2.32. The van der Waals surface area contributed by atoms with Gasteiger partial charge in [0, 0.05) is 0 Å². The molecule has 0 aromatic heterocycles. The maximum Gasteiger partial charge on any atom is 0.318 e. The molecule has 0 heterocycles. The molecule has 1 amide bonds. The maximum atomic E-state index is 13.0. The van der Waals surface area contributed by atoms with Crippen LogP contribution in [0.3, 0.4) is 0 Å². The monoisotopic (exact) mass is 461 g/mol. The van der Waals surface area contributed by atoms with Gasteiger partial charge in [-0.3, -0.25) is 9.59 Å². The molecule has 7 heteroatoms. The Morgan fingerprint density at radius 2 is 1.30 bits per heavy atom. The molecule has 0 fully saturated rings. The van der Waals surface area contributed by atoms with E-state index >= 15 is 0 Å². The van der Waals surface area contributed by atoms with Gasteiger partial charge in [-0.1, -0.05) is 95.5 Å². The summed E-state index contributed by atoms with van der Waals surface area (Å²) < 4.78 is 5.50. The zero-order valence-electron chi connectivity index (χ0n) is 15.9. The highest BCUT2D eigenvalue weighted by Gasteiger charge is 2.28. The molecule has 3 aromatic rings. The summed E-state index contributed by atoms with van der Waals surface area (Å²) in [6.45, 7) is 1.49. The van der Waals surface area contributed by atoms with Crippen LogP contribution in [0.25, 0.3) is 0 Å². The quantitative estimate of drug-likeness (QED) is 0.343. The number of amides is 1. The maximum absolute atomic E-state index is 13.0. The first-order valence-electron chi connectivity index (χ1n) is 9.12. The molecule has 4 nitrogen and oxygen atoms in total. The second-order valence-electron chi connectivity index (χ2n) is 6.57. The van der Waals surface area contributed by atoms with Gasteiger partial charge in [0.1, 0.15) is 5.92 Å². The molecule has 0 radical (unpaired) electrons. The second-order valence-corrected chi connectivity index (χ2v) is 7.79. The van der Waals surface area contributed by atoms with Gasteiger partial charge in [-0.15, -0.1) is 0 Å². The van der Waals surface area contributed by atoms with E-state index in [9.17, 15) is 9.59 Å². The number of rotatable bonds is 6. The van der Waals surface area contributed by atoms with Crippen molar-refractivity contribution < 1.29 is 14.3 Å². The number of hydrogen-bond acceptors (Lipinski definition) is 3. The molecule has 0 aliphatic heterocycles. The summed E-state index contributed by atoms with van der Waals surface area (Å²) >= 11 is 18.0. The van der Waals surface area contributed by atoms with Gasteiger partial charge in [0.25, 0.3) is 5.91 Å². The van der Waals surface area contributed by atoms with Crippen molar-refractivity contribution in [2.75, 3.05) is 5.32 Å². The summed E-state index contributed by atoms with van der Waals surface area (Å²) in [4.78, 5) is 25.6. The Bertz CT molecular complexity index is 1000. The van der Waals surface area contributed by atoms with Crippen LogP contribution < -0.4 is 5.32 Å². The third-order valence-corrected chi connectivity index (χ3v) is 5.47. The summed E-state index contributed by atoms with van der Waals surface area (Å²) in [6, 6.07) is 21.4. The predicted octanol–water partition coefficient (Wildman–Crippen LogP) is 6.35. The molecule has 30 heavy (non-hydrogen) atoms. The third kappa shape index (κ3) is 5.33. The molecule has 0 bridgehead atoms. The lowest BCUT2D eigenvalue weighted by Gasteiger charge is -2.20. The predicted molar refractivity (Wildman–Crippen MR) is 120 cm³/mol. The number of carbonyl (C=O) groups excluding carboxylic acids is 2. The molecule has 0 aliphatic carbocycles. The van der Waals surface area contributed by atoms with Gasteiger partial charge < -0.3 is 10.1 Å². The Morgan fingerprint density at radius 3 is 1.83 bits per heavy atom. The van der Waals surface area contributed by atoms with E-state index in [4.69, 9.17) is 39.5 Å². The highest BCUT2D eigenvalue weighted by atomic mass is 35.5. The molecule has 0 saturated heterocycles. The lowest BCUT2D eigenvalue weighted by molar-refractivity contribution is -0.153. The van der Waals surface area contributed by atoms with Gasteiger partial charge in [-0.2, -0.15) is 0 Å². The summed E-state index contributed by atoms with van der Waals surface area (Å²) in [5, 5.41) is 3.35. The van der Waals surface area contributed by atoms with Gasteiger partial charge in [0.05, 0.1) is 20.8 Å². The minimum atomic E-state index is -1.06. The number of hydrogen-bond donors (Lipinski definition) is 1. The van der Waals surface area contributed by atoms with E-state index in [0.717, 1.165) is 11.1 Å². The number of carbonyl (C=O) groups is 2. The number of esters is 1. The van der Waals surface area contributed by atoms with E-state index in [1.54, 1.807) is 0 Å². The largest absolute Gasteiger partial charge is 0.452 e. The molecule has 0 spiro atoms. The average molecular weight is 463 g/mol. The van der Waals surface area contributed by atoms with E-state index in [0.29, 0.717) is 0 Å². The van der Waals surface area contributed by atoms with Crippen LogP contribution in [0.1, 0.15) is 24.0 Å². The van der Waals surface area contributed by atoms with Crippen molar-refractivity contribution in [3.05, 3.63) is 99.0 Å². The zero-order chi connectivity index (χ0) is 21.7. The fourth-order valence-corrected chi connectivity index (χ4v) is 3.50. The summed E-state index contributed by atoms with van der Waals surface area (Å²) in [6.07, 6.45) is -1.06. The first-order valence-corrected chi connectivity index (χ1v) is 10.3. The molecule has 0 unspecified atom stereocenters. The van der Waals surface area contributed by atoms with Crippen LogP contribution in [0.2, 0.25) is 15.1 Å². The fraction of sp³-hybridized carbons (Fsp3) is 0.130. The first-order chi connectivity index (χ1) is 14.4. The van der Waals surface area contributed by atoms with E-state index in [2.05, 4.69) is 5.32 Å². The molecular formula is C23H18Cl3NO3. The normalized spacial score (nSPS) is 11.8. The smallest absolute Gasteiger partial charge is 0.318 e. The van der Waals surface area contributed by atoms with Crippen molar-refractivity contribution in [2.45, 2.75) is 18.9 Å². The third-order valence-electron chi connectivity index (χ3n) is 4.43. The van der Waals surface area contributed by atoms with E-state index < -0.39 is 23.9 Å². The number of halogens is 3. The van der Waals surface area contributed by atoms with Crippen LogP contribution in [0.15, 0.2) is 72.8 Å². The molecule has 154 valence electrons. The Hall–Kier alpha value is -2.53. The topological polar surface area (TPSA) is 55.4 Å². The van der Waals surface area contributed by atoms with Crippen molar-refractivity contribution >= 4 is 52.4 Å². The molecule has 3 aromatic carbocycles. The van der Waals surface area contributed by atoms with Gasteiger partial charge in [0.15, 0.2) is 6.10 Å². The van der Waals surface area contributed by atoms with Crippen LogP contribution in [0.5, 0.6) is 0 Å². The molecule has 0 aliphatic rings. The van der Waals surface area contributed by atoms with Crippen molar-refractivity contribution in [3.8, 4) is 0 Å². The van der Waals surface area contributed by atoms with Crippen molar-refractivity contribution in [1.29, 1.82) is 0 Å². The Kier molecular flexibility index (Phi) is 7.38. The lowest BCUT2D eigenvalue weighted by Crippen LogP contribution is -2.32. The molecule has 1 N–H and O–H groups in total. The van der Waals surface area contributed by atoms with E-state index in [1.807, 2.05) is 60.7 Å². The summed E-state index contributed by atoms with van der Waals surface area (Å²) in [5.41, 5.74) is 1.82. The molecule has 0 saturated carbocycles. The minimum absolute atomic E-state index is 0.225. The molecular weight excluding hydrogens is 445 g/mol. The Balaban J connectivity index is 1.77. The van der Waals surface area contributed by atoms with Crippen LogP contribution in [0.4, 0.5) is 5.69 Å². The van der Waals surface area contributed by atoms with Gasteiger partial charge >= 0.3 is 5.97 Å². The highest BCUT2D eigenvalue weighted by molar-refractivity contribution is 6.44. The van der Waals surface area contributed by atoms with Crippen LogP contribution >= 0.6 is 34.8 Å². The number of nitrogens with one attached hydrogen (secondary N) is 1. The Labute approximate surface area is 189 Å². The van der Waals surface area contributed by atoms with Crippen molar-refractivity contribution in [1.82, 2.24) is 0 Å². The molecule has 3 rings (SSSR count). The van der Waals surface area contributed by atoms with Crippen LogP contribution in [0, 0.1) is 0 Å². The first kappa shape index (κ1) is 22.2. The van der Waals surface area contributed by atoms with Gasteiger partial charge in [-0.25, -0.2) is 0 Å². The molecule has 1 atom stereocenters. The van der Waals surface area contributed by atoms with Crippen molar-refractivity contribution in [3.63, 3.8) is 0 Å². The van der Waals surface area contributed by atoms with Crippen molar-refractivity contribution in [2.24, 2.45) is 0 Å². The standard InChI is InChI=1S/C23H18Cl3NO3/c1-14(22(28)27-20-13-18(25)17(24)12-19(20)26)30-23(29)21(15-8-4-2-5-9-15)16-10-6-3-7-11-16/h2-14,21H,1H3,(H,27,28)/t14-/m1/s1. The van der Waals surface area contributed by atoms with Gasteiger partial charge in [0.2, 0.25) is 0 Å². The lowest BCUT2D eigenvalue weighted by atomic mass is 9.91. The number of benzene rings is 3. The zero-order valence-corrected chi connectivity index (χ0v) is 18.2. The van der Waals surface area contributed by atoms with Crippen LogP contribution in [-0.4, -0.2) is 18.0 Å². The summed E-state index contributed by atoms with van der Waals surface area (Å²) in [5.74, 6) is -1.73. The fourth-order valence-electron chi connectivity index (χ4n) is 2.90.